The van der Waals surface area contributed by atoms with Crippen LogP contribution in [0.5, 0.6) is 0 Å². The summed E-state index contributed by atoms with van der Waals surface area (Å²) in [7, 11) is 0.158. The standard InChI is InChI=1S/C18H22ClN3O2S/c1-20-17-7-6-15(22-10-8-21(2)9-11-22)13-18(17)25(23,24)16-5-3-4-14(19)12-16/h3-7,12-13,20H,8-11H2,1-2H3. The van der Waals surface area contributed by atoms with Crippen LogP contribution >= 0.6 is 11.6 Å². The molecule has 0 aromatic heterocycles. The number of anilines is 2. The van der Waals surface area contributed by atoms with Crippen LogP contribution in [-0.2, 0) is 9.84 Å². The van der Waals surface area contributed by atoms with Gasteiger partial charge in [0, 0.05) is 43.9 Å². The van der Waals surface area contributed by atoms with E-state index in [2.05, 4.69) is 22.2 Å². The van der Waals surface area contributed by atoms with E-state index in [0.717, 1.165) is 31.9 Å². The summed E-state index contributed by atoms with van der Waals surface area (Å²) in [4.78, 5) is 4.96. The van der Waals surface area contributed by atoms with E-state index in [1.54, 1.807) is 31.3 Å². The average Bonchev–Trinajstić information content (AvgIpc) is 2.62. The van der Waals surface area contributed by atoms with Gasteiger partial charge in [-0.25, -0.2) is 8.42 Å². The Bertz CT molecular complexity index is 862. The van der Waals surface area contributed by atoms with Crippen molar-refractivity contribution < 1.29 is 8.42 Å². The molecule has 0 unspecified atom stereocenters. The predicted octanol–water partition coefficient (Wildman–Crippen LogP) is 2.97. The number of nitrogens with one attached hydrogen (secondary N) is 1. The Morgan fingerprint density at radius 3 is 2.40 bits per heavy atom. The first-order valence-electron chi connectivity index (χ1n) is 8.18. The van der Waals surface area contributed by atoms with Crippen LogP contribution in [0.4, 0.5) is 11.4 Å². The smallest absolute Gasteiger partial charge is 0.208 e. The molecular weight excluding hydrogens is 358 g/mol. The Morgan fingerprint density at radius 2 is 1.76 bits per heavy atom. The molecule has 0 radical (unpaired) electrons. The number of rotatable bonds is 4. The Morgan fingerprint density at radius 1 is 1.04 bits per heavy atom. The van der Waals surface area contributed by atoms with Gasteiger partial charge in [-0.15, -0.1) is 0 Å². The third-order valence-electron chi connectivity index (χ3n) is 4.50. The maximum atomic E-state index is 13.1. The molecule has 1 aliphatic rings. The van der Waals surface area contributed by atoms with E-state index in [0.29, 0.717) is 10.7 Å². The number of nitrogens with zero attached hydrogens (tertiary/aromatic N) is 2. The van der Waals surface area contributed by atoms with E-state index in [1.807, 2.05) is 12.1 Å². The molecule has 1 N–H and O–H groups in total. The maximum Gasteiger partial charge on any atom is 0.208 e. The second kappa shape index (κ2) is 7.23. The number of sulfone groups is 1. The molecule has 1 fully saturated rings. The van der Waals surface area contributed by atoms with Gasteiger partial charge < -0.3 is 15.1 Å². The molecule has 0 amide bonds. The molecule has 25 heavy (non-hydrogen) atoms. The molecule has 134 valence electrons. The molecule has 2 aromatic carbocycles. The minimum absolute atomic E-state index is 0.201. The van der Waals surface area contributed by atoms with Gasteiger partial charge in [-0.05, 0) is 43.4 Å². The quantitative estimate of drug-likeness (QED) is 0.885. The predicted molar refractivity (Wildman–Crippen MR) is 103 cm³/mol. The van der Waals surface area contributed by atoms with Gasteiger partial charge in [-0.2, -0.15) is 0 Å². The summed E-state index contributed by atoms with van der Waals surface area (Å²) in [6.45, 7) is 3.69. The molecule has 0 bridgehead atoms. The van der Waals surface area contributed by atoms with E-state index < -0.39 is 9.84 Å². The number of hydrogen-bond acceptors (Lipinski definition) is 5. The second-order valence-corrected chi connectivity index (χ2v) is 8.54. The Balaban J connectivity index is 2.03. The zero-order chi connectivity index (χ0) is 18.0. The molecule has 5 nitrogen and oxygen atoms in total. The summed E-state index contributed by atoms with van der Waals surface area (Å²) in [5.74, 6) is 0. The lowest BCUT2D eigenvalue weighted by Gasteiger charge is -2.34. The van der Waals surface area contributed by atoms with Crippen molar-refractivity contribution in [3.63, 3.8) is 0 Å². The number of benzene rings is 2. The summed E-state index contributed by atoms with van der Waals surface area (Å²) in [5, 5.41) is 3.39. The SMILES string of the molecule is CNc1ccc(N2CCN(C)CC2)cc1S(=O)(=O)c1cccc(Cl)c1. The Hall–Kier alpha value is -1.76. The average molecular weight is 380 g/mol. The summed E-state index contributed by atoms with van der Waals surface area (Å²) >= 11 is 5.99. The molecule has 0 saturated carbocycles. The van der Waals surface area contributed by atoms with Crippen molar-refractivity contribution >= 4 is 32.8 Å². The number of likely N-dealkylation sites (N-methyl/N-ethyl adjacent to an activating group) is 1. The van der Waals surface area contributed by atoms with Crippen LogP contribution in [-0.4, -0.2) is 53.6 Å². The minimum Gasteiger partial charge on any atom is -0.387 e. The molecular formula is C18H22ClN3O2S. The summed E-state index contributed by atoms with van der Waals surface area (Å²) in [5.41, 5.74) is 1.51. The number of hydrogen-bond donors (Lipinski definition) is 1. The van der Waals surface area contributed by atoms with Crippen LogP contribution in [0.25, 0.3) is 0 Å². The van der Waals surface area contributed by atoms with E-state index >= 15 is 0 Å². The van der Waals surface area contributed by atoms with Gasteiger partial charge >= 0.3 is 0 Å². The van der Waals surface area contributed by atoms with Crippen LogP contribution in [0, 0.1) is 0 Å². The molecule has 0 spiro atoms. The van der Waals surface area contributed by atoms with Crippen molar-refractivity contribution in [3.05, 3.63) is 47.5 Å². The van der Waals surface area contributed by atoms with Crippen molar-refractivity contribution in [2.75, 3.05) is 50.5 Å². The van der Waals surface area contributed by atoms with Crippen molar-refractivity contribution in [3.8, 4) is 0 Å². The number of halogens is 1. The van der Waals surface area contributed by atoms with Crippen LogP contribution < -0.4 is 10.2 Å². The fraction of sp³-hybridized carbons (Fsp3) is 0.333. The minimum atomic E-state index is -3.66. The highest BCUT2D eigenvalue weighted by molar-refractivity contribution is 7.91. The summed E-state index contributed by atoms with van der Waals surface area (Å²) in [6, 6.07) is 11.9. The van der Waals surface area contributed by atoms with Crippen LogP contribution in [0.3, 0.4) is 0 Å². The highest BCUT2D eigenvalue weighted by Gasteiger charge is 2.24. The molecule has 7 heteroatoms. The van der Waals surface area contributed by atoms with Crippen molar-refractivity contribution in [2.45, 2.75) is 9.79 Å². The highest BCUT2D eigenvalue weighted by atomic mass is 35.5. The maximum absolute atomic E-state index is 13.1. The molecule has 1 aliphatic heterocycles. The van der Waals surface area contributed by atoms with E-state index in [-0.39, 0.29) is 9.79 Å². The van der Waals surface area contributed by atoms with Gasteiger partial charge in [0.15, 0.2) is 0 Å². The van der Waals surface area contributed by atoms with E-state index in [9.17, 15) is 8.42 Å². The van der Waals surface area contributed by atoms with Crippen molar-refractivity contribution in [1.82, 2.24) is 4.90 Å². The lowest BCUT2D eigenvalue weighted by atomic mass is 10.2. The van der Waals surface area contributed by atoms with Gasteiger partial charge in [0.1, 0.15) is 0 Å². The summed E-state index contributed by atoms with van der Waals surface area (Å²) in [6.07, 6.45) is 0. The van der Waals surface area contributed by atoms with Crippen LogP contribution in [0.15, 0.2) is 52.3 Å². The van der Waals surface area contributed by atoms with Gasteiger partial charge in [0.2, 0.25) is 9.84 Å². The number of piperazine rings is 1. The monoisotopic (exact) mass is 379 g/mol. The fourth-order valence-electron chi connectivity index (χ4n) is 2.96. The summed E-state index contributed by atoms with van der Waals surface area (Å²) < 4.78 is 26.3. The molecule has 1 saturated heterocycles. The highest BCUT2D eigenvalue weighted by Crippen LogP contribution is 2.32. The zero-order valence-electron chi connectivity index (χ0n) is 14.4. The first-order valence-corrected chi connectivity index (χ1v) is 10.0. The van der Waals surface area contributed by atoms with Crippen LogP contribution in [0.2, 0.25) is 5.02 Å². The van der Waals surface area contributed by atoms with Gasteiger partial charge in [-0.1, -0.05) is 17.7 Å². The second-order valence-electron chi connectivity index (χ2n) is 6.18. The van der Waals surface area contributed by atoms with Crippen molar-refractivity contribution in [1.29, 1.82) is 0 Å². The lowest BCUT2D eigenvalue weighted by molar-refractivity contribution is 0.313. The third kappa shape index (κ3) is 3.76. The first-order chi connectivity index (χ1) is 11.9. The molecule has 2 aromatic rings. The fourth-order valence-corrected chi connectivity index (χ4v) is 4.75. The van der Waals surface area contributed by atoms with Crippen molar-refractivity contribution in [2.24, 2.45) is 0 Å². The largest absolute Gasteiger partial charge is 0.387 e. The lowest BCUT2D eigenvalue weighted by Crippen LogP contribution is -2.44. The Kier molecular flexibility index (Phi) is 5.22. The molecule has 1 heterocycles. The Labute approximate surface area is 154 Å². The first kappa shape index (κ1) is 18.0. The molecule has 0 aliphatic carbocycles. The van der Waals surface area contributed by atoms with Gasteiger partial charge in [0.25, 0.3) is 0 Å². The molecule has 3 rings (SSSR count). The third-order valence-corrected chi connectivity index (χ3v) is 6.53. The molecule has 0 atom stereocenters. The van der Waals surface area contributed by atoms with Gasteiger partial charge in [-0.3, -0.25) is 0 Å². The van der Waals surface area contributed by atoms with E-state index in [4.69, 9.17) is 11.6 Å². The normalized spacial score (nSPS) is 16.0. The van der Waals surface area contributed by atoms with Gasteiger partial charge in [0.05, 0.1) is 15.5 Å². The van der Waals surface area contributed by atoms with E-state index in [1.165, 1.54) is 6.07 Å². The van der Waals surface area contributed by atoms with Crippen LogP contribution in [0.1, 0.15) is 0 Å². The topological polar surface area (TPSA) is 52.6 Å². The zero-order valence-corrected chi connectivity index (χ0v) is 15.9.